The summed E-state index contributed by atoms with van der Waals surface area (Å²) in [6.07, 6.45) is -15.0. The molecule has 0 aliphatic carbocycles. The number of phenolic OH excluding ortho intramolecular Hbond substituents is 4. The van der Waals surface area contributed by atoms with Crippen molar-refractivity contribution in [3.63, 3.8) is 0 Å². The monoisotopic (exact) mass is 1810 g/mol. The van der Waals surface area contributed by atoms with Crippen LogP contribution in [0.4, 0.5) is 0 Å². The topological polar surface area (TPSA) is 573 Å². The van der Waals surface area contributed by atoms with Crippen LogP contribution in [0.15, 0.2) is 115 Å². The number of carbonyl (C=O) groups is 9. The van der Waals surface area contributed by atoms with Crippen LogP contribution in [0.1, 0.15) is 147 Å². The van der Waals surface area contributed by atoms with E-state index >= 15 is 24.0 Å². The van der Waals surface area contributed by atoms with E-state index in [0.717, 1.165) is 105 Å². The number of likely N-dealkylation sites (N-methyl/N-ethyl adjacent to an activating group) is 1. The molecular formula is C88H100Cl2N10O28. The fraction of sp³-hybridized carbons (Fsp3) is 0.420. The minimum Gasteiger partial charge on any atom is -0.508 e. The van der Waals surface area contributed by atoms with Crippen LogP contribution in [0.3, 0.4) is 0 Å². The van der Waals surface area contributed by atoms with Crippen LogP contribution in [0.5, 0.6) is 69.0 Å². The summed E-state index contributed by atoms with van der Waals surface area (Å²) in [6.45, 7) is 3.83. The molecule has 38 nitrogen and oxygen atoms in total. The number of amides is 8. The van der Waals surface area contributed by atoms with Crippen LogP contribution in [0.25, 0.3) is 11.1 Å². The van der Waals surface area contributed by atoms with E-state index < -0.39 is 271 Å². The first-order valence-electron chi connectivity index (χ1n) is 41.5. The molecule has 21 N–H and O–H groups in total. The van der Waals surface area contributed by atoms with E-state index in [2.05, 4.69) is 61.7 Å². The third-order valence-electron chi connectivity index (χ3n) is 22.7. The van der Waals surface area contributed by atoms with E-state index in [9.17, 15) is 80.5 Å². The van der Waals surface area contributed by atoms with Gasteiger partial charge in [-0.15, -0.1) is 0 Å². The molecule has 15 rings (SSSR count). The molecule has 128 heavy (non-hydrogen) atoms. The highest BCUT2D eigenvalue weighted by molar-refractivity contribution is 6.33. The molecule has 18 atom stereocenters. The molecule has 7 aromatic rings. The van der Waals surface area contributed by atoms with Gasteiger partial charge in [-0.25, -0.2) is 4.79 Å². The third kappa shape index (κ3) is 21.1. The molecule has 0 aromatic heterocycles. The third-order valence-corrected chi connectivity index (χ3v) is 23.4. The molecule has 2 saturated heterocycles. The highest BCUT2D eigenvalue weighted by atomic mass is 35.5. The van der Waals surface area contributed by atoms with Crippen molar-refractivity contribution in [2.24, 2.45) is 5.92 Å². The predicted molar refractivity (Wildman–Crippen MR) is 452 cm³/mol. The molecule has 0 radical (unpaired) electrons. The molecule has 2 fully saturated rings. The van der Waals surface area contributed by atoms with Crippen molar-refractivity contribution in [2.45, 2.75) is 188 Å². The second-order valence-electron chi connectivity index (χ2n) is 32.7. The lowest BCUT2D eigenvalue weighted by Crippen LogP contribution is -2.67. The Kier molecular flexibility index (Phi) is 29.7. The molecule has 8 heterocycles. The Labute approximate surface area is 742 Å². The molecule has 40 heteroatoms. The second-order valence-corrected chi connectivity index (χ2v) is 33.5. The van der Waals surface area contributed by atoms with Crippen molar-refractivity contribution in [1.82, 2.24) is 52.8 Å². The Bertz CT molecular complexity index is 5340. The number of benzene rings is 7. The number of carboxylic acids is 1. The number of ether oxygens (including phenoxy) is 7. The number of hydrogen-bond acceptors (Lipinski definition) is 29. The van der Waals surface area contributed by atoms with Gasteiger partial charge in [0.2, 0.25) is 59.7 Å². The normalized spacial score (nSPS) is 25.8. The van der Waals surface area contributed by atoms with E-state index in [1.165, 1.54) is 49.5 Å². The summed E-state index contributed by atoms with van der Waals surface area (Å²) < 4.78 is 45.0. The number of unbranched alkanes of at least 4 members (excludes halogenated alkanes) is 5. The zero-order chi connectivity index (χ0) is 92.0. The summed E-state index contributed by atoms with van der Waals surface area (Å²) in [5, 5.41) is 161. The summed E-state index contributed by atoms with van der Waals surface area (Å²) in [5.74, 6) is -17.7. The predicted octanol–water partition coefficient (Wildman–Crippen LogP) is 4.17. The van der Waals surface area contributed by atoms with Crippen LogP contribution >= 0.6 is 23.2 Å². The average molecular weight is 1820 g/mol. The van der Waals surface area contributed by atoms with Crippen LogP contribution in [0, 0.1) is 5.92 Å². The first kappa shape index (κ1) is 93.7. The van der Waals surface area contributed by atoms with Crippen molar-refractivity contribution in [2.75, 3.05) is 40.8 Å². The number of carboxylic acid groups (broad SMARTS) is 1. The summed E-state index contributed by atoms with van der Waals surface area (Å²) >= 11 is 14.3. The molecular weight excluding hydrogens is 1720 g/mol. The fourth-order valence-electron chi connectivity index (χ4n) is 15.9. The van der Waals surface area contributed by atoms with Gasteiger partial charge in [0.15, 0.2) is 35.1 Å². The molecule has 684 valence electrons. The van der Waals surface area contributed by atoms with Gasteiger partial charge in [0, 0.05) is 53.8 Å². The van der Waals surface area contributed by atoms with Gasteiger partial charge < -0.3 is 147 Å². The number of aliphatic hydroxyl groups is 7. The molecule has 8 aliphatic heterocycles. The standard InChI is InChI=1S/C88H100Cl2N10O28/c1-38(2)13-10-8-6-7-9-11-14-61(106)94-70-73(109)75(111)78(85(119)92-25-12-26-100(4)5)128-87(70)127-77-58-31-43-32-59(77)124-55-24-19-42(29-50(55)89)71(107)69-84(118)98-68(86(120)121)48-33-44(102)34-57(125-88-76(112)74(110)72(108)60(37-101)126-88)62(48)47-28-40(17-22-52(47)103)65(81(115)99-69)95-82(116)66(43)96-83(117)67-49-35-46(36-54(105)63(49)90)123-56-30-41(18-23-53(56)104)64(91-3)80(114)93-51(79(113)97-67)27-39-15-20-45(122-58)21-16-39/h15-24,28-36,38,51,60,64-76,78,87-88,91,101-105,107-112H,6-14,25-27,37H2,1-5H3,(H,92,119)(H,93,114)(H,94,106)(H,95,116)(H,96,117)(H,97,113)(H,98,118)(H,99,115)(H,120,121)/t51-,60-,64-,65-,66-,67+,68+,69+,70-,71-,72-,73-,74+,75+,76+,78+,87-,88+/m1/s1. The average Bonchev–Trinajstić information content (AvgIpc) is 0.704. The Balaban J connectivity index is 1.04. The van der Waals surface area contributed by atoms with E-state index in [0.29, 0.717) is 37.3 Å². The molecule has 0 spiro atoms. The summed E-state index contributed by atoms with van der Waals surface area (Å²) in [5.41, 5.74) is -3.14. The van der Waals surface area contributed by atoms with Crippen molar-refractivity contribution in [1.29, 1.82) is 0 Å². The quantitative estimate of drug-likeness (QED) is 0.0423. The summed E-state index contributed by atoms with van der Waals surface area (Å²) in [6, 6.07) is 5.05. The SMILES string of the molecule is CN[C@H]1C(=O)N[C@@H]2Cc3ccc(cc3)Oc3cc4cc(c3O[C@@H]3O[C@H](C(=O)NCCCN(C)C)[C@@H](O)[C@H](O)[C@H]3NC(=O)CCCCCCCCC(C)C)Oc3ccc(cc3Cl)[C@@H](O)[C@@H]3NC(=O)[C@H](NC(=O)[C@@H]4NC(=O)[C@@H](NC2=O)c2cc(cc(O)c2Cl)Oc2cc1ccc2O)c1ccc(O)c(c1)-c1c(O[C@H]2O[C@H](CO)[C@@H](O)[C@H](O)[C@@H]2O)cc(O)cc1[C@@H](C(=O)O)NC3=O. The van der Waals surface area contributed by atoms with Crippen molar-refractivity contribution in [3.8, 4) is 80.1 Å². The number of aliphatic carboxylic acids is 1. The number of carbonyl (C=O) groups excluding carboxylic acids is 8. The zero-order valence-corrected chi connectivity index (χ0v) is 71.2. The minimum absolute atomic E-state index is 0.0330. The lowest BCUT2D eigenvalue weighted by atomic mass is 9.89. The van der Waals surface area contributed by atoms with Crippen molar-refractivity contribution < 1.29 is 138 Å². The van der Waals surface area contributed by atoms with Gasteiger partial charge in [-0.1, -0.05) is 106 Å². The number of halogens is 2. The molecule has 8 amide bonds. The first-order chi connectivity index (χ1) is 61.1. The Morgan fingerprint density at radius 3 is 1.91 bits per heavy atom. The Hall–Kier alpha value is -11.9. The van der Waals surface area contributed by atoms with E-state index in [1.54, 1.807) is 0 Å². The lowest BCUT2D eigenvalue weighted by Gasteiger charge is -2.42. The summed E-state index contributed by atoms with van der Waals surface area (Å²) in [7, 11) is 5.05. The van der Waals surface area contributed by atoms with Gasteiger partial charge in [-0.05, 0) is 147 Å². The van der Waals surface area contributed by atoms with E-state index in [4.69, 9.17) is 56.4 Å². The van der Waals surface area contributed by atoms with Gasteiger partial charge in [0.25, 0.3) is 5.91 Å². The lowest BCUT2D eigenvalue weighted by molar-refractivity contribution is -0.277. The highest BCUT2D eigenvalue weighted by Crippen LogP contribution is 2.51. The largest absolute Gasteiger partial charge is 0.508 e. The smallest absolute Gasteiger partial charge is 0.330 e. The Morgan fingerprint density at radius 1 is 0.562 bits per heavy atom. The number of hydrogen-bond donors (Lipinski definition) is 21. The van der Waals surface area contributed by atoms with Crippen LogP contribution in [-0.4, -0.2) is 234 Å². The zero-order valence-electron chi connectivity index (χ0n) is 69.7. The van der Waals surface area contributed by atoms with Gasteiger partial charge >= 0.3 is 5.97 Å². The van der Waals surface area contributed by atoms with Gasteiger partial charge in [-0.3, -0.25) is 38.4 Å². The highest BCUT2D eigenvalue weighted by Gasteiger charge is 2.52. The van der Waals surface area contributed by atoms with Crippen LogP contribution < -0.4 is 71.5 Å². The molecule has 8 aliphatic rings. The molecule has 17 bridgehead atoms. The Morgan fingerprint density at radius 2 is 1.21 bits per heavy atom. The van der Waals surface area contributed by atoms with Gasteiger partial charge in [0.1, 0.15) is 125 Å². The molecule has 0 unspecified atom stereocenters. The second kappa shape index (κ2) is 40.6. The number of aromatic hydroxyl groups is 4. The van der Waals surface area contributed by atoms with Crippen LogP contribution in [0.2, 0.25) is 10.0 Å². The van der Waals surface area contributed by atoms with Gasteiger partial charge in [0.05, 0.1) is 16.7 Å². The molecule has 0 saturated carbocycles. The van der Waals surface area contributed by atoms with E-state index in [-0.39, 0.29) is 41.3 Å². The van der Waals surface area contributed by atoms with Gasteiger partial charge in [-0.2, -0.15) is 0 Å². The maximum Gasteiger partial charge on any atom is 0.330 e. The van der Waals surface area contributed by atoms with Crippen molar-refractivity contribution >= 4 is 76.4 Å². The maximum absolute atomic E-state index is 16.8. The first-order valence-corrected chi connectivity index (χ1v) is 42.3. The number of nitrogens with one attached hydrogen (secondary N) is 9. The fourth-order valence-corrected chi connectivity index (χ4v) is 16.4. The number of aliphatic hydroxyl groups excluding tert-OH is 7. The number of nitrogens with zero attached hydrogens (tertiary/aromatic N) is 1. The minimum atomic E-state index is -2.45. The number of rotatable bonds is 22. The van der Waals surface area contributed by atoms with E-state index in [1.807, 2.05) is 19.0 Å². The maximum atomic E-state index is 16.8. The molecule has 7 aromatic carbocycles. The van der Waals surface area contributed by atoms with Crippen molar-refractivity contribution in [3.05, 3.63) is 164 Å². The number of fused-ring (bicyclic) bond motifs is 14. The number of phenols is 4. The summed E-state index contributed by atoms with van der Waals surface area (Å²) in [4.78, 5) is 140. The van der Waals surface area contributed by atoms with Crippen LogP contribution in [-0.2, 0) is 59.0 Å².